The van der Waals surface area contributed by atoms with Gasteiger partial charge in [0, 0.05) is 43.0 Å². The Morgan fingerprint density at radius 1 is 1.23 bits per heavy atom. The molecule has 1 heterocycles. The van der Waals surface area contributed by atoms with Crippen molar-refractivity contribution >= 4 is 23.4 Å². The predicted octanol–water partition coefficient (Wildman–Crippen LogP) is 4.95. The molecule has 2 amide bonds. The van der Waals surface area contributed by atoms with Gasteiger partial charge in [0.05, 0.1) is 12.0 Å². The maximum Gasteiger partial charge on any atom is 0.224 e. The molecule has 0 aromatic rings. The van der Waals surface area contributed by atoms with Gasteiger partial charge in [-0.2, -0.15) is 0 Å². The van der Waals surface area contributed by atoms with Gasteiger partial charge in [0.15, 0.2) is 0 Å². The number of amides is 2. The Hall–Kier alpha value is -1.99. The van der Waals surface area contributed by atoms with Crippen LogP contribution >= 0.6 is 11.6 Å². The lowest BCUT2D eigenvalue weighted by Gasteiger charge is -2.32. The third-order valence-corrected chi connectivity index (χ3v) is 7.55. The Kier molecular flexibility index (Phi) is 9.33. The van der Waals surface area contributed by atoms with Crippen LogP contribution in [-0.4, -0.2) is 54.1 Å². The van der Waals surface area contributed by atoms with Crippen LogP contribution in [0, 0.1) is 17.8 Å². The minimum absolute atomic E-state index is 0.0940. The topological polar surface area (TPSA) is 61.4 Å². The van der Waals surface area contributed by atoms with E-state index in [9.17, 15) is 18.4 Å². The van der Waals surface area contributed by atoms with Crippen molar-refractivity contribution in [2.24, 2.45) is 17.8 Å². The molecule has 4 unspecified atom stereocenters. The first-order chi connectivity index (χ1) is 16.5. The molecule has 3 rings (SSSR count). The molecule has 0 aromatic carbocycles. The molecule has 8 heteroatoms. The summed E-state index contributed by atoms with van der Waals surface area (Å²) >= 11 is 6.07. The number of nitrogens with one attached hydrogen (secondary N) is 2. The van der Waals surface area contributed by atoms with E-state index in [0.717, 1.165) is 29.5 Å². The summed E-state index contributed by atoms with van der Waals surface area (Å²) in [7, 11) is 0. The molecule has 1 saturated heterocycles. The Morgan fingerprint density at radius 3 is 2.57 bits per heavy atom. The van der Waals surface area contributed by atoms with E-state index >= 15 is 0 Å². The lowest BCUT2D eigenvalue weighted by molar-refractivity contribution is -0.126. The second kappa shape index (κ2) is 11.8. The Bertz CT molecular complexity index is 922. The summed E-state index contributed by atoms with van der Waals surface area (Å²) in [5, 5.41) is 6.85. The summed E-state index contributed by atoms with van der Waals surface area (Å²) in [6, 6.07) is -0.0950. The molecule has 0 saturated carbocycles. The molecule has 0 spiro atoms. The highest BCUT2D eigenvalue weighted by Gasteiger charge is 2.46. The molecular formula is C27H38ClF2N3O2. The molecule has 5 atom stereocenters. The van der Waals surface area contributed by atoms with Gasteiger partial charge in [0.2, 0.25) is 11.8 Å². The van der Waals surface area contributed by atoms with Gasteiger partial charge >= 0.3 is 0 Å². The number of hydrogen-bond acceptors (Lipinski definition) is 3. The van der Waals surface area contributed by atoms with Gasteiger partial charge in [-0.15, -0.1) is 0 Å². The van der Waals surface area contributed by atoms with Gasteiger partial charge in [-0.1, -0.05) is 23.8 Å². The number of allylic oxidation sites excluding steroid dienone is 7. The second-order valence-electron chi connectivity index (χ2n) is 10.8. The quantitative estimate of drug-likeness (QED) is 0.455. The largest absolute Gasteiger partial charge is 0.356 e. The van der Waals surface area contributed by atoms with E-state index in [1.54, 1.807) is 6.08 Å². The first-order valence-electron chi connectivity index (χ1n) is 12.5. The highest BCUT2D eigenvalue weighted by Crippen LogP contribution is 2.39. The van der Waals surface area contributed by atoms with Crippen molar-refractivity contribution in [1.82, 2.24) is 15.5 Å². The monoisotopic (exact) mass is 509 g/mol. The van der Waals surface area contributed by atoms with Crippen molar-refractivity contribution in [2.45, 2.75) is 71.1 Å². The molecule has 2 aliphatic carbocycles. The molecule has 0 radical (unpaired) electrons. The smallest absolute Gasteiger partial charge is 0.224 e. The maximum absolute atomic E-state index is 14.7. The SMILES string of the molecule is CC(=O)NC(CCCNC(=O)C1CN(C(C)(C)C)C[C@H]1C1C=CC(F)=CC1F)C1=CC=C(Cl)CC1. The zero-order chi connectivity index (χ0) is 25.8. The average Bonchev–Trinajstić information content (AvgIpc) is 3.22. The van der Waals surface area contributed by atoms with Gasteiger partial charge in [0.25, 0.3) is 0 Å². The number of hydrogen-bond donors (Lipinski definition) is 2. The van der Waals surface area contributed by atoms with Crippen LogP contribution in [0.25, 0.3) is 0 Å². The van der Waals surface area contributed by atoms with Crippen LogP contribution < -0.4 is 10.6 Å². The minimum atomic E-state index is -1.44. The van der Waals surface area contributed by atoms with Gasteiger partial charge in [-0.05, 0) is 76.2 Å². The van der Waals surface area contributed by atoms with Crippen molar-refractivity contribution < 1.29 is 18.4 Å². The Morgan fingerprint density at radius 2 is 1.97 bits per heavy atom. The third-order valence-electron chi connectivity index (χ3n) is 7.23. The van der Waals surface area contributed by atoms with Crippen molar-refractivity contribution in [3.8, 4) is 0 Å². The highest BCUT2D eigenvalue weighted by atomic mass is 35.5. The van der Waals surface area contributed by atoms with Crippen LogP contribution in [0.1, 0.15) is 53.4 Å². The van der Waals surface area contributed by atoms with Crippen LogP contribution in [0.15, 0.2) is 46.8 Å². The van der Waals surface area contributed by atoms with Crippen LogP contribution in [0.4, 0.5) is 8.78 Å². The molecule has 0 aromatic heterocycles. The number of carbonyl (C=O) groups is 2. The van der Waals surface area contributed by atoms with Gasteiger partial charge in [0.1, 0.15) is 12.0 Å². The van der Waals surface area contributed by atoms with E-state index in [-0.39, 0.29) is 35.2 Å². The highest BCUT2D eigenvalue weighted by molar-refractivity contribution is 6.29. The van der Waals surface area contributed by atoms with E-state index in [2.05, 4.69) is 36.3 Å². The lowest BCUT2D eigenvalue weighted by atomic mass is 9.79. The fourth-order valence-corrected chi connectivity index (χ4v) is 5.37. The molecule has 3 aliphatic rings. The van der Waals surface area contributed by atoms with Crippen LogP contribution in [0.2, 0.25) is 0 Å². The summed E-state index contributed by atoms with van der Waals surface area (Å²) in [5.74, 6) is -1.90. The van der Waals surface area contributed by atoms with E-state index in [0.29, 0.717) is 32.5 Å². The summed E-state index contributed by atoms with van der Waals surface area (Å²) in [6.07, 6.45) is 9.23. The normalized spacial score (nSPS) is 28.1. The summed E-state index contributed by atoms with van der Waals surface area (Å²) in [6.45, 7) is 9.33. The standard InChI is InChI=1S/C27H38ClF2N3O2/c1-17(34)32-25(18-7-9-19(28)10-8-18)6-5-13-31-26(35)23-16-33(27(2,3)4)15-22(23)21-12-11-20(29)14-24(21)30/h7,9,11-12,14,21-25H,5-6,8,10,13,15-16H2,1-4H3,(H,31,35)(H,32,34)/t21?,22-,23?,24?,25?/m0/s1. The molecule has 5 nitrogen and oxygen atoms in total. The average molecular weight is 510 g/mol. The molecule has 2 N–H and O–H groups in total. The van der Waals surface area contributed by atoms with Gasteiger partial charge in [-0.25, -0.2) is 8.78 Å². The van der Waals surface area contributed by atoms with E-state index in [1.807, 2.05) is 12.2 Å². The van der Waals surface area contributed by atoms with E-state index < -0.39 is 17.9 Å². The lowest BCUT2D eigenvalue weighted by Crippen LogP contribution is -2.41. The zero-order valence-electron chi connectivity index (χ0n) is 21.1. The predicted molar refractivity (Wildman–Crippen MR) is 136 cm³/mol. The zero-order valence-corrected chi connectivity index (χ0v) is 21.9. The molecule has 194 valence electrons. The molecule has 0 bridgehead atoms. The van der Waals surface area contributed by atoms with Crippen molar-refractivity contribution in [1.29, 1.82) is 0 Å². The molecular weight excluding hydrogens is 472 g/mol. The van der Waals surface area contributed by atoms with E-state index in [1.165, 1.54) is 13.0 Å². The summed E-state index contributed by atoms with van der Waals surface area (Å²) in [4.78, 5) is 27.1. The first kappa shape index (κ1) is 27.6. The van der Waals surface area contributed by atoms with Crippen LogP contribution in [-0.2, 0) is 9.59 Å². The minimum Gasteiger partial charge on any atom is -0.356 e. The summed E-state index contributed by atoms with van der Waals surface area (Å²) in [5.41, 5.74) is 0.973. The number of likely N-dealkylation sites (tertiary alicyclic amines) is 1. The summed E-state index contributed by atoms with van der Waals surface area (Å²) < 4.78 is 28.3. The van der Waals surface area contributed by atoms with Crippen molar-refractivity contribution in [3.63, 3.8) is 0 Å². The Balaban J connectivity index is 1.60. The van der Waals surface area contributed by atoms with Crippen LogP contribution in [0.5, 0.6) is 0 Å². The number of carbonyl (C=O) groups excluding carboxylic acids is 2. The number of alkyl halides is 1. The molecule has 1 fully saturated rings. The molecule has 1 aliphatic heterocycles. The fourth-order valence-electron chi connectivity index (χ4n) is 5.21. The number of halogens is 3. The fraction of sp³-hybridized carbons (Fsp3) is 0.630. The Labute approximate surface area is 212 Å². The van der Waals surface area contributed by atoms with Crippen LogP contribution in [0.3, 0.4) is 0 Å². The maximum atomic E-state index is 14.7. The van der Waals surface area contributed by atoms with E-state index in [4.69, 9.17) is 11.6 Å². The first-order valence-corrected chi connectivity index (χ1v) is 12.9. The number of rotatable bonds is 8. The van der Waals surface area contributed by atoms with Crippen molar-refractivity contribution in [2.75, 3.05) is 19.6 Å². The number of nitrogens with zero attached hydrogens (tertiary/aromatic N) is 1. The third kappa shape index (κ3) is 7.50. The van der Waals surface area contributed by atoms with Gasteiger partial charge in [-0.3, -0.25) is 14.5 Å². The second-order valence-corrected chi connectivity index (χ2v) is 11.3. The molecule has 35 heavy (non-hydrogen) atoms. The van der Waals surface area contributed by atoms with Gasteiger partial charge < -0.3 is 10.6 Å². The van der Waals surface area contributed by atoms with Crippen molar-refractivity contribution in [3.05, 3.63) is 46.8 Å².